The minimum atomic E-state index is -3.47. The Morgan fingerprint density at radius 2 is 1.70 bits per heavy atom. The van der Waals surface area contributed by atoms with E-state index in [-0.39, 0.29) is 0 Å². The number of anilines is 1. The molecule has 0 radical (unpaired) electrons. The van der Waals surface area contributed by atoms with Crippen molar-refractivity contribution in [2.75, 3.05) is 59.3 Å². The van der Waals surface area contributed by atoms with E-state index >= 15 is 0 Å². The molecule has 1 atom stereocenters. The van der Waals surface area contributed by atoms with Gasteiger partial charge in [0, 0.05) is 52.5 Å². The standard InChI is InChI=1S/C23H32N4O2S/c1-24(2)15-16-27-23(21-7-5-6-8-22(21)30(27,28)29)13-14-26(18-23)17-19-9-11-20(12-10-19)25(3)4/h5-12H,13-18H2,1-4H3. The third-order valence-corrected chi connectivity index (χ3v) is 8.39. The predicted octanol–water partition coefficient (Wildman–Crippen LogP) is 2.42. The lowest BCUT2D eigenvalue weighted by Crippen LogP contribution is -2.48. The van der Waals surface area contributed by atoms with Gasteiger partial charge in [-0.1, -0.05) is 30.3 Å². The summed E-state index contributed by atoms with van der Waals surface area (Å²) in [5, 5.41) is 0. The van der Waals surface area contributed by atoms with Crippen molar-refractivity contribution in [3.05, 3.63) is 59.7 Å². The molecule has 162 valence electrons. The van der Waals surface area contributed by atoms with Crippen molar-refractivity contribution in [2.24, 2.45) is 0 Å². The predicted molar refractivity (Wildman–Crippen MR) is 121 cm³/mol. The van der Waals surface area contributed by atoms with Crippen LogP contribution in [0, 0.1) is 0 Å². The van der Waals surface area contributed by atoms with E-state index in [0.29, 0.717) is 18.0 Å². The van der Waals surface area contributed by atoms with Crippen LogP contribution in [0.25, 0.3) is 0 Å². The molecule has 30 heavy (non-hydrogen) atoms. The van der Waals surface area contributed by atoms with Crippen LogP contribution in [0.15, 0.2) is 53.4 Å². The summed E-state index contributed by atoms with van der Waals surface area (Å²) in [6.07, 6.45) is 0.826. The average Bonchev–Trinajstić information content (AvgIpc) is 3.19. The average molecular weight is 429 g/mol. The molecule has 0 amide bonds. The maximum atomic E-state index is 13.4. The van der Waals surface area contributed by atoms with Gasteiger partial charge in [0.15, 0.2) is 0 Å². The molecular formula is C23H32N4O2S. The van der Waals surface area contributed by atoms with Gasteiger partial charge in [0.25, 0.3) is 0 Å². The second-order valence-corrected chi connectivity index (χ2v) is 10.8. The van der Waals surface area contributed by atoms with Crippen LogP contribution < -0.4 is 4.90 Å². The number of sulfonamides is 1. The molecule has 2 aliphatic rings. The van der Waals surface area contributed by atoms with Crippen LogP contribution in [0.2, 0.25) is 0 Å². The number of fused-ring (bicyclic) bond motifs is 2. The lowest BCUT2D eigenvalue weighted by molar-refractivity contribution is 0.178. The number of nitrogens with zero attached hydrogens (tertiary/aromatic N) is 4. The van der Waals surface area contributed by atoms with Crippen LogP contribution in [-0.4, -0.2) is 76.9 Å². The second kappa shape index (κ2) is 7.96. The molecule has 0 bridgehead atoms. The minimum Gasteiger partial charge on any atom is -0.378 e. The SMILES string of the molecule is CN(C)CCN1C2(CCN(Cc3ccc(N(C)C)cc3)C2)c2ccccc2S1(=O)=O. The van der Waals surface area contributed by atoms with Gasteiger partial charge in [-0.2, -0.15) is 4.31 Å². The van der Waals surface area contributed by atoms with Crippen molar-refractivity contribution < 1.29 is 8.42 Å². The highest BCUT2D eigenvalue weighted by molar-refractivity contribution is 7.89. The molecular weight excluding hydrogens is 396 g/mol. The Balaban J connectivity index is 1.61. The van der Waals surface area contributed by atoms with E-state index in [0.717, 1.165) is 31.6 Å². The van der Waals surface area contributed by atoms with Gasteiger partial charge in [-0.15, -0.1) is 0 Å². The van der Waals surface area contributed by atoms with E-state index in [1.807, 2.05) is 51.3 Å². The number of benzene rings is 2. The van der Waals surface area contributed by atoms with Gasteiger partial charge < -0.3 is 9.80 Å². The molecule has 0 saturated carbocycles. The molecule has 1 spiro atoms. The summed E-state index contributed by atoms with van der Waals surface area (Å²) in [6.45, 7) is 3.67. The van der Waals surface area contributed by atoms with Gasteiger partial charge in [-0.3, -0.25) is 4.90 Å². The molecule has 2 heterocycles. The Morgan fingerprint density at radius 3 is 2.37 bits per heavy atom. The van der Waals surface area contributed by atoms with Gasteiger partial charge >= 0.3 is 0 Å². The molecule has 0 aliphatic carbocycles. The molecule has 6 nitrogen and oxygen atoms in total. The highest BCUT2D eigenvalue weighted by Gasteiger charge is 2.56. The Labute approximate surface area is 180 Å². The molecule has 1 unspecified atom stereocenters. The number of likely N-dealkylation sites (tertiary alicyclic amines) is 1. The van der Waals surface area contributed by atoms with Crippen LogP contribution in [-0.2, 0) is 22.1 Å². The van der Waals surface area contributed by atoms with Gasteiger partial charge in [-0.05, 0) is 49.8 Å². The van der Waals surface area contributed by atoms with E-state index in [9.17, 15) is 8.42 Å². The van der Waals surface area contributed by atoms with Crippen LogP contribution in [0.1, 0.15) is 17.5 Å². The highest BCUT2D eigenvalue weighted by Crippen LogP contribution is 2.49. The third-order valence-electron chi connectivity index (χ3n) is 6.37. The van der Waals surface area contributed by atoms with Crippen LogP contribution in [0.5, 0.6) is 0 Å². The van der Waals surface area contributed by atoms with E-state index < -0.39 is 15.6 Å². The van der Waals surface area contributed by atoms with Crippen molar-refractivity contribution in [1.82, 2.24) is 14.1 Å². The number of hydrogen-bond acceptors (Lipinski definition) is 5. The summed E-state index contributed by atoms with van der Waals surface area (Å²) in [7, 11) is 4.59. The fourth-order valence-electron chi connectivity index (χ4n) is 4.77. The lowest BCUT2D eigenvalue weighted by Gasteiger charge is -2.35. The summed E-state index contributed by atoms with van der Waals surface area (Å²) in [5.74, 6) is 0. The summed E-state index contributed by atoms with van der Waals surface area (Å²) in [5.41, 5.74) is 2.94. The summed E-state index contributed by atoms with van der Waals surface area (Å²) in [4.78, 5) is 7.02. The molecule has 2 aromatic carbocycles. The fraction of sp³-hybridized carbons (Fsp3) is 0.478. The molecule has 7 heteroatoms. The molecule has 2 aliphatic heterocycles. The first-order chi connectivity index (χ1) is 14.2. The Morgan fingerprint density at radius 1 is 1.00 bits per heavy atom. The van der Waals surface area contributed by atoms with Gasteiger partial charge in [0.1, 0.15) is 0 Å². The van der Waals surface area contributed by atoms with Gasteiger partial charge in [0.2, 0.25) is 10.0 Å². The third kappa shape index (κ3) is 3.64. The highest BCUT2D eigenvalue weighted by atomic mass is 32.2. The van der Waals surface area contributed by atoms with Crippen molar-refractivity contribution in [2.45, 2.75) is 23.4 Å². The zero-order valence-electron chi connectivity index (χ0n) is 18.4. The largest absolute Gasteiger partial charge is 0.378 e. The lowest BCUT2D eigenvalue weighted by atomic mass is 9.89. The van der Waals surface area contributed by atoms with E-state index in [1.165, 1.54) is 11.3 Å². The van der Waals surface area contributed by atoms with Crippen molar-refractivity contribution >= 4 is 15.7 Å². The molecule has 0 N–H and O–H groups in total. The first kappa shape index (κ1) is 21.3. The summed E-state index contributed by atoms with van der Waals surface area (Å²) >= 11 is 0. The molecule has 1 saturated heterocycles. The zero-order valence-corrected chi connectivity index (χ0v) is 19.2. The Kier molecular flexibility index (Phi) is 5.66. The van der Waals surface area contributed by atoms with Crippen LogP contribution in [0.3, 0.4) is 0 Å². The van der Waals surface area contributed by atoms with Gasteiger partial charge in [0.05, 0.1) is 10.4 Å². The van der Waals surface area contributed by atoms with Crippen LogP contribution in [0.4, 0.5) is 5.69 Å². The number of hydrogen-bond donors (Lipinski definition) is 0. The zero-order chi connectivity index (χ0) is 21.5. The Bertz CT molecular complexity index is 1000. The molecule has 0 aromatic heterocycles. The van der Waals surface area contributed by atoms with E-state index in [1.54, 1.807) is 10.4 Å². The summed E-state index contributed by atoms with van der Waals surface area (Å²) < 4.78 is 28.6. The molecule has 1 fully saturated rings. The van der Waals surface area contributed by atoms with E-state index in [2.05, 4.69) is 34.1 Å². The van der Waals surface area contributed by atoms with Crippen molar-refractivity contribution in [1.29, 1.82) is 0 Å². The maximum Gasteiger partial charge on any atom is 0.244 e. The summed E-state index contributed by atoms with van der Waals surface area (Å²) in [6, 6.07) is 16.2. The fourth-order valence-corrected chi connectivity index (χ4v) is 6.82. The van der Waals surface area contributed by atoms with Crippen molar-refractivity contribution in [3.8, 4) is 0 Å². The number of likely N-dealkylation sites (N-methyl/N-ethyl adjacent to an activating group) is 1. The second-order valence-electron chi connectivity index (χ2n) is 8.93. The number of rotatable bonds is 6. The van der Waals surface area contributed by atoms with Crippen molar-refractivity contribution in [3.63, 3.8) is 0 Å². The maximum absolute atomic E-state index is 13.4. The monoisotopic (exact) mass is 428 g/mol. The smallest absolute Gasteiger partial charge is 0.244 e. The first-order valence-electron chi connectivity index (χ1n) is 10.5. The molecule has 2 aromatic rings. The van der Waals surface area contributed by atoms with Crippen LogP contribution >= 0.6 is 0 Å². The normalized spacial score (nSPS) is 23.4. The minimum absolute atomic E-state index is 0.463. The Hall–Kier alpha value is -1.93. The van der Waals surface area contributed by atoms with Gasteiger partial charge in [-0.25, -0.2) is 8.42 Å². The quantitative estimate of drug-likeness (QED) is 0.707. The first-order valence-corrected chi connectivity index (χ1v) is 11.9. The topological polar surface area (TPSA) is 47.1 Å². The van der Waals surface area contributed by atoms with E-state index in [4.69, 9.17) is 0 Å². The molecule has 4 rings (SSSR count).